The maximum absolute atomic E-state index is 13.2. The van der Waals surface area contributed by atoms with Crippen LogP contribution >= 0.6 is 0 Å². The summed E-state index contributed by atoms with van der Waals surface area (Å²) in [5.41, 5.74) is 0.822. The largest absolute Gasteiger partial charge is 0.496 e. The molecule has 1 aliphatic heterocycles. The quantitative estimate of drug-likeness (QED) is 0.633. The van der Waals surface area contributed by atoms with Crippen molar-refractivity contribution in [3.63, 3.8) is 0 Å². The summed E-state index contributed by atoms with van der Waals surface area (Å²) in [6, 6.07) is 20.0. The minimum Gasteiger partial charge on any atom is -0.496 e. The highest BCUT2D eigenvalue weighted by atomic mass is 16.6. The lowest BCUT2D eigenvalue weighted by molar-refractivity contribution is -0.134. The van der Waals surface area contributed by atoms with E-state index in [9.17, 15) is 4.79 Å². The van der Waals surface area contributed by atoms with Crippen LogP contribution in [-0.2, 0) is 16.1 Å². The molecule has 1 heterocycles. The van der Waals surface area contributed by atoms with E-state index in [1.165, 1.54) is 5.39 Å². The predicted molar refractivity (Wildman–Crippen MR) is 112 cm³/mol. The summed E-state index contributed by atoms with van der Waals surface area (Å²) in [5, 5.41) is 2.31. The number of nitrogens with zero attached hydrogens (tertiary/aromatic N) is 1. The summed E-state index contributed by atoms with van der Waals surface area (Å²) in [5.74, 6) is 1.19. The number of hydrogen-bond acceptors (Lipinski definition) is 4. The van der Waals surface area contributed by atoms with Gasteiger partial charge in [0.25, 0.3) is 5.91 Å². The highest BCUT2D eigenvalue weighted by Crippen LogP contribution is 2.45. The van der Waals surface area contributed by atoms with Crippen LogP contribution in [0, 0.1) is 0 Å². The van der Waals surface area contributed by atoms with Crippen molar-refractivity contribution in [1.82, 2.24) is 4.90 Å². The summed E-state index contributed by atoms with van der Waals surface area (Å²) in [7, 11) is 3.21. The Bertz CT molecular complexity index is 1040. The summed E-state index contributed by atoms with van der Waals surface area (Å²) in [6.07, 6.45) is -0.602. The van der Waals surface area contributed by atoms with Crippen molar-refractivity contribution in [2.24, 2.45) is 0 Å². The van der Waals surface area contributed by atoms with Crippen LogP contribution in [-0.4, -0.2) is 30.6 Å². The minimum atomic E-state index is -0.937. The van der Waals surface area contributed by atoms with Crippen molar-refractivity contribution in [2.75, 3.05) is 14.2 Å². The number of fused-ring (bicyclic) bond motifs is 1. The van der Waals surface area contributed by atoms with Crippen LogP contribution in [0.25, 0.3) is 10.8 Å². The minimum absolute atomic E-state index is 0.0661. The average molecular weight is 391 g/mol. The molecule has 0 spiro atoms. The summed E-state index contributed by atoms with van der Waals surface area (Å²) >= 11 is 0. The fourth-order valence-electron chi connectivity index (χ4n) is 3.87. The normalized spacial score (nSPS) is 18.3. The summed E-state index contributed by atoms with van der Waals surface area (Å²) in [6.45, 7) is 4.02. The number of carbonyl (C=O) groups excluding carboxylic acids is 1. The molecule has 150 valence electrons. The molecule has 5 heteroatoms. The van der Waals surface area contributed by atoms with Crippen molar-refractivity contribution in [2.45, 2.75) is 32.2 Å². The number of carbonyl (C=O) groups is 1. The number of benzene rings is 3. The van der Waals surface area contributed by atoms with Crippen LogP contribution in [0.5, 0.6) is 11.5 Å². The van der Waals surface area contributed by atoms with Gasteiger partial charge in [0.15, 0.2) is 6.23 Å². The fourth-order valence-corrected chi connectivity index (χ4v) is 3.87. The Kier molecular flexibility index (Phi) is 4.92. The standard InChI is InChI=1S/C24H25NO4/c1-24(2)23(26)25(15-16-12-13-17-8-5-6-9-18(17)14-16)22(29-24)21-19(27-3)10-7-11-20(21)28-4/h5-14,22H,15H2,1-4H3. The number of ether oxygens (including phenoxy) is 3. The Morgan fingerprint density at radius 1 is 0.931 bits per heavy atom. The van der Waals surface area contributed by atoms with Gasteiger partial charge in [0, 0.05) is 6.54 Å². The second kappa shape index (κ2) is 7.41. The molecule has 29 heavy (non-hydrogen) atoms. The van der Waals surface area contributed by atoms with E-state index in [4.69, 9.17) is 14.2 Å². The van der Waals surface area contributed by atoms with E-state index in [1.807, 2.05) is 30.3 Å². The molecule has 0 radical (unpaired) electrons. The molecular weight excluding hydrogens is 366 g/mol. The van der Waals surface area contributed by atoms with Crippen LogP contribution < -0.4 is 9.47 Å². The first-order valence-corrected chi connectivity index (χ1v) is 9.62. The molecule has 5 nitrogen and oxygen atoms in total. The monoisotopic (exact) mass is 391 g/mol. The lowest BCUT2D eigenvalue weighted by Gasteiger charge is -2.26. The maximum atomic E-state index is 13.2. The van der Waals surface area contributed by atoms with Crippen molar-refractivity contribution in [3.8, 4) is 11.5 Å². The van der Waals surface area contributed by atoms with Gasteiger partial charge in [-0.1, -0.05) is 42.5 Å². The molecule has 1 aliphatic rings. The van der Waals surface area contributed by atoms with Crippen LogP contribution in [0.3, 0.4) is 0 Å². The molecular formula is C24H25NO4. The highest BCUT2D eigenvalue weighted by Gasteiger charge is 2.48. The molecule has 1 unspecified atom stereocenters. The predicted octanol–water partition coefficient (Wildman–Crippen LogP) is 4.69. The maximum Gasteiger partial charge on any atom is 0.256 e. The van der Waals surface area contributed by atoms with E-state index >= 15 is 0 Å². The second-order valence-electron chi connectivity index (χ2n) is 7.67. The van der Waals surface area contributed by atoms with Crippen molar-refractivity contribution >= 4 is 16.7 Å². The van der Waals surface area contributed by atoms with Crippen molar-refractivity contribution < 1.29 is 19.0 Å². The second-order valence-corrected chi connectivity index (χ2v) is 7.67. The molecule has 0 saturated carbocycles. The average Bonchev–Trinajstić information content (AvgIpc) is 2.96. The van der Waals surface area contributed by atoms with Gasteiger partial charge in [0.2, 0.25) is 0 Å². The first-order valence-electron chi connectivity index (χ1n) is 9.62. The molecule has 0 N–H and O–H groups in total. The highest BCUT2D eigenvalue weighted by molar-refractivity contribution is 5.87. The van der Waals surface area contributed by atoms with Crippen molar-refractivity contribution in [1.29, 1.82) is 0 Å². The number of amides is 1. The molecule has 1 saturated heterocycles. The van der Waals surface area contributed by atoms with Gasteiger partial charge in [-0.3, -0.25) is 4.79 Å². The molecule has 4 rings (SSSR count). The fraction of sp³-hybridized carbons (Fsp3) is 0.292. The van der Waals surface area contributed by atoms with E-state index < -0.39 is 11.8 Å². The van der Waals surface area contributed by atoms with Gasteiger partial charge in [0.1, 0.15) is 17.1 Å². The van der Waals surface area contributed by atoms with Crippen LogP contribution in [0.2, 0.25) is 0 Å². The molecule has 0 bridgehead atoms. The van der Waals surface area contributed by atoms with Crippen LogP contribution in [0.15, 0.2) is 60.7 Å². The van der Waals surface area contributed by atoms with Gasteiger partial charge >= 0.3 is 0 Å². The zero-order chi connectivity index (χ0) is 20.6. The molecule has 3 aromatic carbocycles. The Balaban J connectivity index is 1.76. The van der Waals surface area contributed by atoms with E-state index in [-0.39, 0.29) is 5.91 Å². The zero-order valence-corrected chi connectivity index (χ0v) is 17.1. The van der Waals surface area contributed by atoms with Crippen LogP contribution in [0.4, 0.5) is 0 Å². The first kappa shape index (κ1) is 19.3. The third-order valence-electron chi connectivity index (χ3n) is 5.34. The molecule has 1 fully saturated rings. The van der Waals surface area contributed by atoms with E-state index in [1.54, 1.807) is 33.0 Å². The Morgan fingerprint density at radius 2 is 1.59 bits per heavy atom. The Hall–Kier alpha value is -3.05. The zero-order valence-electron chi connectivity index (χ0n) is 17.1. The van der Waals surface area contributed by atoms with Crippen LogP contribution in [0.1, 0.15) is 31.2 Å². The topological polar surface area (TPSA) is 48.0 Å². The summed E-state index contributed by atoms with van der Waals surface area (Å²) < 4.78 is 17.3. The van der Waals surface area contributed by atoms with E-state index in [0.717, 1.165) is 16.5 Å². The van der Waals surface area contributed by atoms with Gasteiger partial charge < -0.3 is 19.1 Å². The third-order valence-corrected chi connectivity index (χ3v) is 5.34. The van der Waals surface area contributed by atoms with E-state index in [2.05, 4.69) is 30.3 Å². The van der Waals surface area contributed by atoms with Gasteiger partial charge in [-0.2, -0.15) is 0 Å². The number of hydrogen-bond donors (Lipinski definition) is 0. The molecule has 3 aromatic rings. The lowest BCUT2D eigenvalue weighted by Crippen LogP contribution is -2.35. The molecule has 1 atom stereocenters. The number of rotatable bonds is 5. The molecule has 0 aliphatic carbocycles. The van der Waals surface area contributed by atoms with Crippen molar-refractivity contribution in [3.05, 3.63) is 71.8 Å². The Morgan fingerprint density at radius 3 is 2.24 bits per heavy atom. The molecule has 0 aromatic heterocycles. The third kappa shape index (κ3) is 3.42. The number of methoxy groups -OCH3 is 2. The lowest BCUT2D eigenvalue weighted by atomic mass is 10.0. The van der Waals surface area contributed by atoms with Gasteiger partial charge in [-0.05, 0) is 48.4 Å². The smallest absolute Gasteiger partial charge is 0.256 e. The SMILES string of the molecule is COc1cccc(OC)c1C1OC(C)(C)C(=O)N1Cc1ccc2ccccc2c1. The van der Waals surface area contributed by atoms with E-state index in [0.29, 0.717) is 18.0 Å². The Labute approximate surface area is 170 Å². The first-order chi connectivity index (χ1) is 13.9. The van der Waals surface area contributed by atoms with Gasteiger partial charge in [-0.25, -0.2) is 0 Å². The van der Waals surface area contributed by atoms with Gasteiger partial charge in [0.05, 0.1) is 19.8 Å². The molecule has 1 amide bonds. The van der Waals surface area contributed by atoms with Gasteiger partial charge in [-0.15, -0.1) is 0 Å². The summed E-state index contributed by atoms with van der Waals surface area (Å²) in [4.78, 5) is 15.0.